The van der Waals surface area contributed by atoms with Crippen LogP contribution in [0.1, 0.15) is 162 Å². The monoisotopic (exact) mass is 674 g/mol. The average Bonchev–Trinajstić information content (AvgIpc) is 2.98. The van der Waals surface area contributed by atoms with E-state index < -0.39 is 22.0 Å². The molecule has 1 amide bonds. The molecule has 0 spiro atoms. The standard InChI is InChI=1S/C36H70N2O7S/c1-5-7-8-9-10-11-15-18-21-28-35(40)37-29-23-22-26-33(36(41)45-6-2)34(39)27-20-17-14-12-13-16-19-24-30-38(3,4)31-25-32-46(42,43)44/h33H,5-32H2,1-4H3,(H-,37,40,42,43,44)/t33-/m0/s1. The van der Waals surface area contributed by atoms with Crippen LogP contribution in [0.3, 0.4) is 0 Å². The van der Waals surface area contributed by atoms with Crippen LogP contribution in [-0.2, 0) is 29.2 Å². The lowest BCUT2D eigenvalue weighted by molar-refractivity contribution is -0.890. The Labute approximate surface area is 282 Å². The number of nitrogens with zero attached hydrogens (tertiary/aromatic N) is 1. The summed E-state index contributed by atoms with van der Waals surface area (Å²) in [6.07, 6.45) is 22.8. The van der Waals surface area contributed by atoms with Crippen LogP contribution in [0, 0.1) is 5.92 Å². The van der Waals surface area contributed by atoms with Gasteiger partial charge >= 0.3 is 5.97 Å². The van der Waals surface area contributed by atoms with Gasteiger partial charge in [0.2, 0.25) is 5.91 Å². The second-order valence-electron chi connectivity index (χ2n) is 13.8. The number of carbonyl (C=O) groups excluding carboxylic acids is 3. The summed E-state index contributed by atoms with van der Waals surface area (Å²) in [7, 11) is 0.0189. The molecule has 0 aliphatic rings. The molecule has 1 atom stereocenters. The van der Waals surface area contributed by atoms with E-state index in [2.05, 4.69) is 26.3 Å². The van der Waals surface area contributed by atoms with Crippen molar-refractivity contribution in [2.45, 2.75) is 162 Å². The number of hydrogen-bond acceptors (Lipinski definition) is 7. The lowest BCUT2D eigenvalue weighted by atomic mass is 9.93. The molecule has 9 nitrogen and oxygen atoms in total. The third kappa shape index (κ3) is 28.7. The van der Waals surface area contributed by atoms with Crippen LogP contribution in [0.4, 0.5) is 0 Å². The number of unbranched alkanes of at least 4 members (excludes halogenated alkanes) is 16. The first-order valence-electron chi connectivity index (χ1n) is 18.6. The lowest BCUT2D eigenvalue weighted by Crippen LogP contribution is -2.41. The van der Waals surface area contributed by atoms with E-state index in [0.29, 0.717) is 45.2 Å². The van der Waals surface area contributed by atoms with Gasteiger partial charge in [-0.1, -0.05) is 96.8 Å². The van der Waals surface area contributed by atoms with Crippen molar-refractivity contribution >= 4 is 27.8 Å². The molecule has 0 saturated heterocycles. The van der Waals surface area contributed by atoms with Gasteiger partial charge in [-0.25, -0.2) is 8.42 Å². The first-order valence-corrected chi connectivity index (χ1v) is 20.2. The molecule has 0 unspecified atom stereocenters. The number of hydrogen-bond donors (Lipinski definition) is 1. The van der Waals surface area contributed by atoms with Crippen LogP contribution in [-0.4, -0.2) is 81.2 Å². The molecule has 0 heterocycles. The zero-order chi connectivity index (χ0) is 34.5. The summed E-state index contributed by atoms with van der Waals surface area (Å²) < 4.78 is 38.3. The third-order valence-electron chi connectivity index (χ3n) is 8.80. The Kier molecular flexibility index (Phi) is 27.5. The minimum atomic E-state index is -4.13. The minimum absolute atomic E-state index is 0.0264. The van der Waals surface area contributed by atoms with Gasteiger partial charge < -0.3 is 19.1 Å². The van der Waals surface area contributed by atoms with Crippen molar-refractivity contribution in [3.63, 3.8) is 0 Å². The Morgan fingerprint density at radius 1 is 0.674 bits per heavy atom. The maximum atomic E-state index is 12.9. The van der Waals surface area contributed by atoms with E-state index in [0.717, 1.165) is 81.7 Å². The Bertz CT molecular complexity index is 893. The van der Waals surface area contributed by atoms with E-state index in [1.165, 1.54) is 44.9 Å². The first kappa shape index (κ1) is 44.5. The fourth-order valence-electron chi connectivity index (χ4n) is 5.89. The van der Waals surface area contributed by atoms with E-state index in [4.69, 9.17) is 4.74 Å². The Morgan fingerprint density at radius 3 is 1.72 bits per heavy atom. The highest BCUT2D eigenvalue weighted by atomic mass is 32.2. The molecule has 0 bridgehead atoms. The molecule has 0 aromatic rings. The second-order valence-corrected chi connectivity index (χ2v) is 15.3. The predicted octanol–water partition coefficient (Wildman–Crippen LogP) is 7.46. The molecule has 10 heteroatoms. The van der Waals surface area contributed by atoms with Crippen LogP contribution in [0.25, 0.3) is 0 Å². The number of nitrogens with one attached hydrogen (secondary N) is 1. The zero-order valence-corrected chi connectivity index (χ0v) is 30.9. The molecule has 1 N–H and O–H groups in total. The molecule has 0 aliphatic carbocycles. The van der Waals surface area contributed by atoms with E-state index >= 15 is 0 Å². The van der Waals surface area contributed by atoms with Crippen molar-refractivity contribution in [1.82, 2.24) is 5.32 Å². The highest BCUT2D eigenvalue weighted by Gasteiger charge is 2.26. The number of ketones is 1. The fraction of sp³-hybridized carbons (Fsp3) is 0.917. The number of esters is 1. The number of rotatable bonds is 33. The molecular weight excluding hydrogens is 604 g/mol. The Morgan fingerprint density at radius 2 is 1.17 bits per heavy atom. The number of Topliss-reactive ketones (excluding diaryl/α,β-unsaturated/α-hetero) is 1. The highest BCUT2D eigenvalue weighted by Crippen LogP contribution is 2.18. The van der Waals surface area contributed by atoms with Crippen molar-refractivity contribution in [3.8, 4) is 0 Å². The van der Waals surface area contributed by atoms with Gasteiger partial charge in [0, 0.05) is 31.6 Å². The summed E-state index contributed by atoms with van der Waals surface area (Å²) in [6, 6.07) is 0. The van der Waals surface area contributed by atoms with Crippen LogP contribution in [0.15, 0.2) is 0 Å². The SMILES string of the molecule is CCCCCCCCCCCC(=O)NCCCC[C@@H](C(=O)CCCCCCCCCC[N+](C)(C)CCCS(=O)(=O)[O-])C(=O)OCC. The molecule has 0 radical (unpaired) electrons. The first-order chi connectivity index (χ1) is 21.9. The van der Waals surface area contributed by atoms with Crippen molar-refractivity contribution in [1.29, 1.82) is 0 Å². The summed E-state index contributed by atoms with van der Waals surface area (Å²) in [5, 5.41) is 2.98. The summed E-state index contributed by atoms with van der Waals surface area (Å²) in [5.41, 5.74) is 0. The van der Waals surface area contributed by atoms with Gasteiger partial charge in [-0.2, -0.15) is 0 Å². The van der Waals surface area contributed by atoms with Crippen LogP contribution < -0.4 is 5.32 Å². The van der Waals surface area contributed by atoms with Crippen molar-refractivity contribution in [2.75, 3.05) is 46.1 Å². The third-order valence-corrected chi connectivity index (χ3v) is 9.59. The van der Waals surface area contributed by atoms with Gasteiger partial charge in [-0.05, 0) is 45.4 Å². The van der Waals surface area contributed by atoms with Gasteiger partial charge in [-0.3, -0.25) is 14.4 Å². The number of amides is 1. The number of ether oxygens (including phenoxy) is 1. The average molecular weight is 675 g/mol. The molecule has 272 valence electrons. The van der Waals surface area contributed by atoms with E-state index in [9.17, 15) is 27.4 Å². The van der Waals surface area contributed by atoms with Gasteiger partial charge in [-0.15, -0.1) is 0 Å². The Balaban J connectivity index is 3.99. The maximum Gasteiger partial charge on any atom is 0.316 e. The molecule has 0 aromatic carbocycles. The van der Waals surface area contributed by atoms with Crippen molar-refractivity contribution < 1.29 is 36.6 Å². The largest absolute Gasteiger partial charge is 0.748 e. The molecule has 0 aliphatic heterocycles. The lowest BCUT2D eigenvalue weighted by Gasteiger charge is -2.30. The van der Waals surface area contributed by atoms with Crippen molar-refractivity contribution in [2.24, 2.45) is 5.92 Å². The maximum absolute atomic E-state index is 12.9. The van der Waals surface area contributed by atoms with Gasteiger partial charge in [0.1, 0.15) is 11.7 Å². The highest BCUT2D eigenvalue weighted by molar-refractivity contribution is 7.85. The van der Waals surface area contributed by atoms with Gasteiger partial charge in [0.25, 0.3) is 0 Å². The number of quaternary nitrogens is 1. The summed E-state index contributed by atoms with van der Waals surface area (Å²) in [4.78, 5) is 37.5. The molecule has 46 heavy (non-hydrogen) atoms. The smallest absolute Gasteiger partial charge is 0.316 e. The fourth-order valence-corrected chi connectivity index (χ4v) is 6.38. The molecule has 0 aromatic heterocycles. The second kappa shape index (κ2) is 28.5. The molecule has 0 saturated carbocycles. The molecular formula is C36H70N2O7S. The summed E-state index contributed by atoms with van der Waals surface area (Å²) in [6.45, 7) is 6.49. The summed E-state index contributed by atoms with van der Waals surface area (Å²) in [5.74, 6) is -1.34. The van der Waals surface area contributed by atoms with Gasteiger partial charge in [0.15, 0.2) is 0 Å². The minimum Gasteiger partial charge on any atom is -0.748 e. The van der Waals surface area contributed by atoms with Crippen LogP contribution in [0.2, 0.25) is 0 Å². The zero-order valence-electron chi connectivity index (χ0n) is 30.1. The van der Waals surface area contributed by atoms with Crippen molar-refractivity contribution in [3.05, 3.63) is 0 Å². The van der Waals surface area contributed by atoms with E-state index in [-0.39, 0.29) is 24.1 Å². The van der Waals surface area contributed by atoms with Crippen LogP contribution >= 0.6 is 0 Å². The van der Waals surface area contributed by atoms with E-state index in [1.54, 1.807) is 6.92 Å². The quantitative estimate of drug-likeness (QED) is 0.0251. The predicted molar refractivity (Wildman–Crippen MR) is 186 cm³/mol. The number of carbonyl (C=O) groups is 3. The van der Waals surface area contributed by atoms with Crippen LogP contribution in [0.5, 0.6) is 0 Å². The molecule has 0 fully saturated rings. The topological polar surface area (TPSA) is 130 Å². The van der Waals surface area contributed by atoms with Gasteiger partial charge in [0.05, 0.1) is 43.9 Å². The normalized spacial score (nSPS) is 12.6. The van der Waals surface area contributed by atoms with E-state index in [1.807, 2.05) is 0 Å². The Hall–Kier alpha value is -1.52. The summed E-state index contributed by atoms with van der Waals surface area (Å²) >= 11 is 0. The molecule has 0 rings (SSSR count).